The Bertz CT molecular complexity index is 1220. The van der Waals surface area contributed by atoms with Gasteiger partial charge in [0.2, 0.25) is 5.78 Å². The van der Waals surface area contributed by atoms with Gasteiger partial charge >= 0.3 is 0 Å². The van der Waals surface area contributed by atoms with Crippen molar-refractivity contribution >= 4 is 5.78 Å². The molecule has 0 N–H and O–H groups in total. The van der Waals surface area contributed by atoms with Crippen LogP contribution in [0.5, 0.6) is 0 Å². The van der Waals surface area contributed by atoms with E-state index >= 15 is 0 Å². The number of imidazole rings is 1. The molecule has 3 aromatic carbocycles. The minimum Gasteiger partial charge on any atom is -0.318 e. The molecule has 2 heterocycles. The summed E-state index contributed by atoms with van der Waals surface area (Å²) >= 11 is 0. The average Bonchev–Trinajstić information content (AvgIpc) is 3.37. The van der Waals surface area contributed by atoms with Crippen LogP contribution in [0.25, 0.3) is 0 Å². The molecular formula is C28H21N3O. The Morgan fingerprint density at radius 1 is 0.688 bits per heavy atom. The molecule has 0 aliphatic rings. The summed E-state index contributed by atoms with van der Waals surface area (Å²) in [5.41, 5.74) is 3.44. The SMILES string of the molecule is O=C(c1cccnc1)c1cn(C(c2ccccc2)(c2ccccc2)c2ccccc2)cn1. The number of pyridine rings is 1. The summed E-state index contributed by atoms with van der Waals surface area (Å²) < 4.78 is 2.04. The van der Waals surface area contributed by atoms with Gasteiger partial charge in [0.1, 0.15) is 11.2 Å². The van der Waals surface area contributed by atoms with Crippen molar-refractivity contribution in [3.63, 3.8) is 0 Å². The summed E-state index contributed by atoms with van der Waals surface area (Å²) in [4.78, 5) is 21.7. The van der Waals surface area contributed by atoms with Gasteiger partial charge in [0.25, 0.3) is 0 Å². The highest BCUT2D eigenvalue weighted by Gasteiger charge is 2.38. The zero-order valence-electron chi connectivity index (χ0n) is 17.4. The summed E-state index contributed by atoms with van der Waals surface area (Å²) in [6, 6.07) is 34.4. The van der Waals surface area contributed by atoms with Gasteiger partial charge in [-0.2, -0.15) is 0 Å². The summed E-state index contributed by atoms with van der Waals surface area (Å²) in [5, 5.41) is 0. The normalized spacial score (nSPS) is 11.2. The van der Waals surface area contributed by atoms with Crippen molar-refractivity contribution < 1.29 is 4.79 Å². The van der Waals surface area contributed by atoms with Crippen molar-refractivity contribution in [1.29, 1.82) is 0 Å². The Hall–Kier alpha value is -4.31. The molecule has 0 aliphatic carbocycles. The molecule has 2 aromatic heterocycles. The van der Waals surface area contributed by atoms with E-state index in [0.29, 0.717) is 11.3 Å². The Kier molecular flexibility index (Phi) is 5.18. The van der Waals surface area contributed by atoms with Crippen molar-refractivity contribution in [1.82, 2.24) is 14.5 Å². The number of carbonyl (C=O) groups is 1. The van der Waals surface area contributed by atoms with E-state index < -0.39 is 5.54 Å². The van der Waals surface area contributed by atoms with E-state index in [-0.39, 0.29) is 5.78 Å². The van der Waals surface area contributed by atoms with Crippen LogP contribution >= 0.6 is 0 Å². The number of aromatic nitrogens is 3. The second-order valence-corrected chi connectivity index (χ2v) is 7.55. The number of benzene rings is 3. The maximum absolute atomic E-state index is 13.1. The molecule has 5 rings (SSSR count). The van der Waals surface area contributed by atoms with E-state index in [0.717, 1.165) is 16.7 Å². The van der Waals surface area contributed by atoms with Gasteiger partial charge in [-0.25, -0.2) is 4.98 Å². The van der Waals surface area contributed by atoms with Crippen molar-refractivity contribution in [3.05, 3.63) is 156 Å². The van der Waals surface area contributed by atoms with E-state index in [1.807, 2.05) is 65.4 Å². The number of hydrogen-bond acceptors (Lipinski definition) is 3. The summed E-state index contributed by atoms with van der Waals surface area (Å²) in [5.74, 6) is -0.153. The smallest absolute Gasteiger partial charge is 0.214 e. The molecule has 5 aromatic rings. The molecule has 0 saturated heterocycles. The molecule has 0 spiro atoms. The molecular weight excluding hydrogens is 394 g/mol. The van der Waals surface area contributed by atoms with E-state index in [4.69, 9.17) is 0 Å². The first-order valence-electron chi connectivity index (χ1n) is 10.5. The summed E-state index contributed by atoms with van der Waals surface area (Å²) in [7, 11) is 0. The summed E-state index contributed by atoms with van der Waals surface area (Å²) in [6.07, 6.45) is 6.81. The minimum absolute atomic E-state index is 0.153. The topological polar surface area (TPSA) is 47.8 Å². The molecule has 0 amide bonds. The molecule has 0 atom stereocenters. The van der Waals surface area contributed by atoms with Crippen LogP contribution in [0.15, 0.2) is 128 Å². The number of carbonyl (C=O) groups excluding carboxylic acids is 1. The fraction of sp³-hybridized carbons (Fsp3) is 0.0357. The first-order valence-corrected chi connectivity index (χ1v) is 10.5. The molecule has 32 heavy (non-hydrogen) atoms. The maximum atomic E-state index is 13.1. The zero-order chi connectivity index (χ0) is 21.8. The second-order valence-electron chi connectivity index (χ2n) is 7.55. The highest BCUT2D eigenvalue weighted by Crippen LogP contribution is 2.40. The Morgan fingerprint density at radius 3 is 1.69 bits per heavy atom. The number of nitrogens with zero attached hydrogens (tertiary/aromatic N) is 3. The van der Waals surface area contributed by atoms with Gasteiger partial charge < -0.3 is 4.57 Å². The van der Waals surface area contributed by atoms with Gasteiger partial charge in [-0.15, -0.1) is 0 Å². The van der Waals surface area contributed by atoms with Crippen LogP contribution in [0.2, 0.25) is 0 Å². The van der Waals surface area contributed by atoms with Gasteiger partial charge in [-0.05, 0) is 28.8 Å². The predicted octanol–water partition coefficient (Wildman–Crippen LogP) is 5.35. The summed E-state index contributed by atoms with van der Waals surface area (Å²) in [6.45, 7) is 0. The monoisotopic (exact) mass is 415 g/mol. The molecule has 0 unspecified atom stereocenters. The maximum Gasteiger partial charge on any atom is 0.214 e. The highest BCUT2D eigenvalue weighted by atomic mass is 16.1. The number of hydrogen-bond donors (Lipinski definition) is 0. The predicted molar refractivity (Wildman–Crippen MR) is 125 cm³/mol. The van der Waals surface area contributed by atoms with Crippen molar-refractivity contribution in [2.45, 2.75) is 5.54 Å². The Balaban J connectivity index is 1.76. The first-order chi connectivity index (χ1) is 15.8. The van der Waals surface area contributed by atoms with Gasteiger partial charge in [0, 0.05) is 24.2 Å². The lowest BCUT2D eigenvalue weighted by Crippen LogP contribution is -2.37. The fourth-order valence-electron chi connectivity index (χ4n) is 4.25. The van der Waals surface area contributed by atoms with Crippen LogP contribution in [0.1, 0.15) is 32.7 Å². The standard InChI is InChI=1S/C28H21N3O/c32-27(22-11-10-18-29-19-22)26-20-31(21-30-26)28(23-12-4-1-5-13-23,24-14-6-2-7-15-24)25-16-8-3-9-17-25/h1-21H. The molecule has 4 heteroatoms. The van der Waals surface area contributed by atoms with Crippen LogP contribution in [0, 0.1) is 0 Å². The van der Waals surface area contributed by atoms with E-state index in [9.17, 15) is 4.79 Å². The third-order valence-corrected chi connectivity index (χ3v) is 5.70. The van der Waals surface area contributed by atoms with Gasteiger partial charge in [0.05, 0.1) is 6.33 Å². The quantitative estimate of drug-likeness (QED) is 0.277. The van der Waals surface area contributed by atoms with E-state index in [1.165, 1.54) is 0 Å². The molecule has 0 aliphatic heterocycles. The molecule has 0 bridgehead atoms. The Labute approximate surface area is 186 Å². The molecule has 0 saturated carbocycles. The van der Waals surface area contributed by atoms with Gasteiger partial charge in [-0.3, -0.25) is 9.78 Å². The molecule has 154 valence electrons. The molecule has 4 nitrogen and oxygen atoms in total. The third-order valence-electron chi connectivity index (χ3n) is 5.70. The largest absolute Gasteiger partial charge is 0.318 e. The highest BCUT2D eigenvalue weighted by molar-refractivity contribution is 6.07. The minimum atomic E-state index is -0.690. The van der Waals surface area contributed by atoms with Crippen LogP contribution in [-0.2, 0) is 5.54 Å². The van der Waals surface area contributed by atoms with Crippen LogP contribution < -0.4 is 0 Å². The zero-order valence-corrected chi connectivity index (χ0v) is 17.4. The fourth-order valence-corrected chi connectivity index (χ4v) is 4.25. The number of ketones is 1. The van der Waals surface area contributed by atoms with Crippen molar-refractivity contribution in [2.24, 2.45) is 0 Å². The average molecular weight is 415 g/mol. The first kappa shape index (κ1) is 19.6. The van der Waals surface area contributed by atoms with Crippen LogP contribution in [0.3, 0.4) is 0 Å². The lowest BCUT2D eigenvalue weighted by atomic mass is 9.77. The third kappa shape index (κ3) is 3.32. The molecule has 0 fully saturated rings. The van der Waals surface area contributed by atoms with E-state index in [1.54, 1.807) is 30.9 Å². The van der Waals surface area contributed by atoms with Gasteiger partial charge in [0.15, 0.2) is 0 Å². The van der Waals surface area contributed by atoms with Crippen LogP contribution in [-0.4, -0.2) is 20.3 Å². The van der Waals surface area contributed by atoms with Gasteiger partial charge in [-0.1, -0.05) is 91.0 Å². The van der Waals surface area contributed by atoms with Crippen molar-refractivity contribution in [3.8, 4) is 0 Å². The Morgan fingerprint density at radius 2 is 1.22 bits per heavy atom. The number of rotatable bonds is 6. The van der Waals surface area contributed by atoms with Crippen LogP contribution in [0.4, 0.5) is 0 Å². The molecule has 0 radical (unpaired) electrons. The van der Waals surface area contributed by atoms with E-state index in [2.05, 4.69) is 46.4 Å². The lowest BCUT2D eigenvalue weighted by molar-refractivity contribution is 0.103. The lowest BCUT2D eigenvalue weighted by Gasteiger charge is -2.37. The van der Waals surface area contributed by atoms with Crippen molar-refractivity contribution in [2.75, 3.05) is 0 Å². The second kappa shape index (κ2) is 8.44.